The number of nitrogens with one attached hydrogen (secondary N) is 1. The van der Waals surface area contributed by atoms with Crippen molar-refractivity contribution in [2.24, 2.45) is 11.5 Å². The number of carbonyl (C=O) groups is 1. The van der Waals surface area contributed by atoms with E-state index in [-0.39, 0.29) is 6.04 Å². The monoisotopic (exact) mass is 189 g/mol. The first kappa shape index (κ1) is 12.2. The van der Waals surface area contributed by atoms with Gasteiger partial charge in [0.1, 0.15) is 0 Å². The van der Waals surface area contributed by atoms with Crippen LogP contribution >= 0.6 is 0 Å². The van der Waals surface area contributed by atoms with Gasteiger partial charge in [-0.2, -0.15) is 0 Å². The van der Waals surface area contributed by atoms with Crippen LogP contribution in [0.2, 0.25) is 0 Å². The summed E-state index contributed by atoms with van der Waals surface area (Å²) in [4.78, 5) is 11.0. The lowest BCUT2D eigenvalue weighted by Crippen LogP contribution is -2.45. The van der Waals surface area contributed by atoms with E-state index >= 15 is 0 Å². The van der Waals surface area contributed by atoms with Gasteiger partial charge in [-0.1, -0.05) is 13.3 Å². The van der Waals surface area contributed by atoms with Gasteiger partial charge in [0.2, 0.25) is 0 Å². The van der Waals surface area contributed by atoms with Crippen LogP contribution in [-0.2, 0) is 4.74 Å². The topological polar surface area (TPSA) is 90.4 Å². The first-order valence-corrected chi connectivity index (χ1v) is 4.58. The van der Waals surface area contributed by atoms with E-state index in [4.69, 9.17) is 16.2 Å². The average molecular weight is 189 g/mol. The largest absolute Gasteiger partial charge is 0.450 e. The minimum Gasteiger partial charge on any atom is -0.450 e. The van der Waals surface area contributed by atoms with E-state index in [0.717, 1.165) is 12.8 Å². The molecule has 0 saturated heterocycles. The molecule has 0 aliphatic rings. The van der Waals surface area contributed by atoms with Gasteiger partial charge in [-0.3, -0.25) is 0 Å². The first-order chi connectivity index (χ1) is 6.24. The van der Waals surface area contributed by atoms with Crippen LogP contribution in [0.4, 0.5) is 4.79 Å². The number of hydrogen-bond donors (Lipinski definition) is 3. The average Bonchev–Trinajstić information content (AvgIpc) is 2.14. The van der Waals surface area contributed by atoms with E-state index < -0.39 is 6.09 Å². The van der Waals surface area contributed by atoms with Crippen molar-refractivity contribution in [3.05, 3.63) is 0 Å². The second kappa shape index (κ2) is 7.82. The van der Waals surface area contributed by atoms with Gasteiger partial charge in [-0.05, 0) is 6.42 Å². The predicted molar refractivity (Wildman–Crippen MR) is 51.3 cm³/mol. The highest BCUT2D eigenvalue weighted by atomic mass is 16.5. The molecular weight excluding hydrogens is 170 g/mol. The second-order valence-corrected chi connectivity index (χ2v) is 2.80. The van der Waals surface area contributed by atoms with Gasteiger partial charge < -0.3 is 21.5 Å². The number of unbranched alkanes of at least 4 members (excludes halogenated alkanes) is 1. The van der Waals surface area contributed by atoms with Crippen molar-refractivity contribution in [2.45, 2.75) is 25.8 Å². The van der Waals surface area contributed by atoms with Crippen molar-refractivity contribution in [2.75, 3.05) is 19.7 Å². The second-order valence-electron chi connectivity index (χ2n) is 2.80. The highest BCUT2D eigenvalue weighted by Gasteiger charge is 2.08. The van der Waals surface area contributed by atoms with Crippen LogP contribution in [0.5, 0.6) is 0 Å². The third kappa shape index (κ3) is 6.36. The van der Waals surface area contributed by atoms with Crippen LogP contribution < -0.4 is 16.8 Å². The Morgan fingerprint density at radius 2 is 2.08 bits per heavy atom. The number of ether oxygens (including phenoxy) is 1. The van der Waals surface area contributed by atoms with Crippen LogP contribution in [-0.4, -0.2) is 31.8 Å². The fourth-order valence-electron chi connectivity index (χ4n) is 0.732. The summed E-state index contributed by atoms with van der Waals surface area (Å²) in [6, 6.07) is -0.186. The summed E-state index contributed by atoms with van der Waals surface area (Å²) in [5.74, 6) is 0. The van der Waals surface area contributed by atoms with Crippen molar-refractivity contribution in [1.29, 1.82) is 0 Å². The summed E-state index contributed by atoms with van der Waals surface area (Å²) in [7, 11) is 0. The number of rotatable bonds is 6. The fourth-order valence-corrected chi connectivity index (χ4v) is 0.732. The van der Waals surface area contributed by atoms with Gasteiger partial charge >= 0.3 is 6.09 Å². The van der Waals surface area contributed by atoms with Crippen molar-refractivity contribution < 1.29 is 9.53 Å². The van der Waals surface area contributed by atoms with Gasteiger partial charge in [-0.25, -0.2) is 4.79 Å². The van der Waals surface area contributed by atoms with Crippen molar-refractivity contribution in [1.82, 2.24) is 5.32 Å². The Kier molecular flexibility index (Phi) is 7.33. The number of amides is 1. The third-order valence-corrected chi connectivity index (χ3v) is 1.62. The van der Waals surface area contributed by atoms with E-state index in [2.05, 4.69) is 5.32 Å². The summed E-state index contributed by atoms with van der Waals surface area (Å²) in [5.41, 5.74) is 10.7. The van der Waals surface area contributed by atoms with Gasteiger partial charge in [0.05, 0.1) is 12.6 Å². The predicted octanol–water partition coefficient (Wildman–Crippen LogP) is -0.201. The van der Waals surface area contributed by atoms with Crippen LogP contribution in [0.3, 0.4) is 0 Å². The van der Waals surface area contributed by atoms with Gasteiger partial charge in [0.15, 0.2) is 0 Å². The molecule has 0 aliphatic heterocycles. The van der Waals surface area contributed by atoms with E-state index in [1.54, 1.807) is 0 Å². The molecule has 0 bridgehead atoms. The minimum atomic E-state index is -0.436. The molecule has 0 heterocycles. The molecule has 0 fully saturated rings. The Bertz CT molecular complexity index is 137. The highest BCUT2D eigenvalue weighted by Crippen LogP contribution is 1.89. The van der Waals surface area contributed by atoms with E-state index in [0.29, 0.717) is 19.7 Å². The molecule has 0 aromatic rings. The lowest BCUT2D eigenvalue weighted by Gasteiger charge is -2.13. The zero-order valence-electron chi connectivity index (χ0n) is 8.08. The molecule has 0 aromatic carbocycles. The molecule has 0 rings (SSSR count). The minimum absolute atomic E-state index is 0.186. The maximum absolute atomic E-state index is 11.0. The van der Waals surface area contributed by atoms with Crippen molar-refractivity contribution in [3.8, 4) is 0 Å². The standard InChI is InChI=1S/C8H19N3O2/c1-2-3-4-13-8(12)11-7(5-9)6-10/h7H,2-6,9-10H2,1H3,(H,11,12). The Morgan fingerprint density at radius 1 is 1.46 bits per heavy atom. The lowest BCUT2D eigenvalue weighted by molar-refractivity contribution is 0.141. The van der Waals surface area contributed by atoms with Gasteiger partial charge in [0.25, 0.3) is 0 Å². The molecule has 78 valence electrons. The smallest absolute Gasteiger partial charge is 0.407 e. The summed E-state index contributed by atoms with van der Waals surface area (Å²) in [6.07, 6.45) is 1.45. The molecule has 0 aliphatic carbocycles. The normalized spacial score (nSPS) is 10.2. The first-order valence-electron chi connectivity index (χ1n) is 4.58. The van der Waals surface area contributed by atoms with Gasteiger partial charge in [-0.15, -0.1) is 0 Å². The Hall–Kier alpha value is -0.810. The Morgan fingerprint density at radius 3 is 2.54 bits per heavy atom. The summed E-state index contributed by atoms with van der Waals surface area (Å²) in [5, 5.41) is 2.56. The SMILES string of the molecule is CCCCOC(=O)NC(CN)CN. The van der Waals surface area contributed by atoms with Crippen molar-refractivity contribution >= 4 is 6.09 Å². The molecule has 0 saturated carbocycles. The molecule has 0 unspecified atom stereocenters. The van der Waals surface area contributed by atoms with Crippen molar-refractivity contribution in [3.63, 3.8) is 0 Å². The van der Waals surface area contributed by atoms with E-state index in [9.17, 15) is 4.79 Å². The molecule has 13 heavy (non-hydrogen) atoms. The summed E-state index contributed by atoms with van der Waals surface area (Å²) < 4.78 is 4.86. The summed E-state index contributed by atoms with van der Waals surface area (Å²) >= 11 is 0. The molecule has 0 aromatic heterocycles. The zero-order chi connectivity index (χ0) is 10.1. The van der Waals surface area contributed by atoms with Crippen LogP contribution in [0.25, 0.3) is 0 Å². The molecule has 5 N–H and O–H groups in total. The number of nitrogens with two attached hydrogens (primary N) is 2. The molecular formula is C8H19N3O2. The zero-order valence-corrected chi connectivity index (χ0v) is 8.08. The number of carbonyl (C=O) groups excluding carboxylic acids is 1. The molecule has 5 nitrogen and oxygen atoms in total. The third-order valence-electron chi connectivity index (χ3n) is 1.62. The summed E-state index contributed by atoms with van der Waals surface area (Å²) in [6.45, 7) is 3.15. The van der Waals surface area contributed by atoms with Crippen LogP contribution in [0.15, 0.2) is 0 Å². The molecule has 5 heteroatoms. The lowest BCUT2D eigenvalue weighted by atomic mass is 10.3. The molecule has 1 amide bonds. The van der Waals surface area contributed by atoms with E-state index in [1.807, 2.05) is 6.92 Å². The quantitative estimate of drug-likeness (QED) is 0.505. The molecule has 0 radical (unpaired) electrons. The Labute approximate surface area is 78.8 Å². The maximum Gasteiger partial charge on any atom is 0.407 e. The number of alkyl carbamates (subject to hydrolysis) is 1. The highest BCUT2D eigenvalue weighted by molar-refractivity contribution is 5.67. The molecule has 0 atom stereocenters. The number of hydrogen-bond acceptors (Lipinski definition) is 4. The van der Waals surface area contributed by atoms with Crippen LogP contribution in [0.1, 0.15) is 19.8 Å². The van der Waals surface area contributed by atoms with Crippen LogP contribution in [0, 0.1) is 0 Å². The Balaban J connectivity index is 3.48. The van der Waals surface area contributed by atoms with Gasteiger partial charge in [0, 0.05) is 13.1 Å². The van der Waals surface area contributed by atoms with E-state index in [1.165, 1.54) is 0 Å². The molecule has 0 spiro atoms. The maximum atomic E-state index is 11.0. The fraction of sp³-hybridized carbons (Fsp3) is 0.875.